The topological polar surface area (TPSA) is 17.1 Å². The molecule has 0 aromatic rings. The monoisotopic (exact) mass is 240 g/mol. The molecular formula is C2ClF7OS. The van der Waals surface area contributed by atoms with E-state index >= 15 is 0 Å². The van der Waals surface area contributed by atoms with Crippen molar-refractivity contribution in [3.05, 3.63) is 0 Å². The molecule has 0 spiro atoms. The molecule has 0 radical (unpaired) electrons. The maximum Gasteiger partial charge on any atom is 0.453 e. The van der Waals surface area contributed by atoms with Gasteiger partial charge in [-0.1, -0.05) is 19.4 Å². The van der Waals surface area contributed by atoms with Crippen LogP contribution in [0.3, 0.4) is 0 Å². The van der Waals surface area contributed by atoms with Crippen molar-refractivity contribution in [1.29, 1.82) is 0 Å². The highest BCUT2D eigenvalue weighted by Crippen LogP contribution is 3.04. The molecule has 0 atom stereocenters. The van der Waals surface area contributed by atoms with Crippen LogP contribution in [0.15, 0.2) is 0 Å². The normalized spacial score (nSPS) is 19.7. The Morgan fingerprint density at radius 1 is 1.08 bits per heavy atom. The Kier molecular flexibility index (Phi) is 1.81. The molecule has 1 nitrogen and oxygen atoms in total. The smallest absolute Gasteiger partial charge is 0.273 e. The van der Waals surface area contributed by atoms with Crippen LogP contribution in [0.25, 0.3) is 0 Å². The van der Waals surface area contributed by atoms with E-state index in [9.17, 15) is 33.0 Å². The summed E-state index contributed by atoms with van der Waals surface area (Å²) in [5, 5.41) is -10.2. The van der Waals surface area contributed by atoms with Crippen LogP contribution in [0.5, 0.6) is 0 Å². The number of halogens is 8. The molecule has 0 amide bonds. The van der Waals surface area contributed by atoms with E-state index in [2.05, 4.69) is 11.6 Å². The third kappa shape index (κ3) is 1.76. The van der Waals surface area contributed by atoms with Gasteiger partial charge in [0.25, 0.3) is 0 Å². The highest BCUT2D eigenvalue weighted by molar-refractivity contribution is 8.47. The molecular weight excluding hydrogens is 241 g/mol. The second-order valence-electron chi connectivity index (χ2n) is 1.76. The Balaban J connectivity index is 5.50. The zero-order chi connectivity index (χ0) is 10.5. The molecule has 0 N–H and O–H groups in total. The largest absolute Gasteiger partial charge is 0.453 e. The summed E-state index contributed by atoms with van der Waals surface area (Å²) in [4.78, 5) is 9.37. The Morgan fingerprint density at radius 3 is 1.33 bits per heavy atom. The number of carbonyl (C=O) groups excluding carboxylic acids is 1. The molecule has 12 heavy (non-hydrogen) atoms. The van der Waals surface area contributed by atoms with Crippen LogP contribution in [0.1, 0.15) is 0 Å². The van der Waals surface area contributed by atoms with E-state index in [1.54, 1.807) is 0 Å². The molecule has 0 heterocycles. The van der Waals surface area contributed by atoms with Gasteiger partial charge in [0.1, 0.15) is 0 Å². The maximum atomic E-state index is 11.5. The number of carbonyl (C=O) groups is 1. The predicted octanol–water partition coefficient (Wildman–Crippen LogP) is 3.64. The van der Waals surface area contributed by atoms with Crippen molar-refractivity contribution in [1.82, 2.24) is 0 Å². The van der Waals surface area contributed by atoms with Gasteiger partial charge in [-0.25, -0.2) is 0 Å². The van der Waals surface area contributed by atoms with Crippen LogP contribution in [0, 0.1) is 0 Å². The third-order valence-corrected chi connectivity index (χ3v) is 2.22. The molecule has 10 heteroatoms. The van der Waals surface area contributed by atoms with Crippen molar-refractivity contribution < 1.29 is 33.0 Å². The lowest BCUT2D eigenvalue weighted by Crippen LogP contribution is -2.37. The fourth-order valence-corrected chi connectivity index (χ4v) is 0.892. The van der Waals surface area contributed by atoms with Gasteiger partial charge in [0.2, 0.25) is 0 Å². The molecule has 0 saturated carbocycles. The molecule has 0 aromatic carbocycles. The first-order chi connectivity index (χ1) is 4.69. The zero-order valence-electron chi connectivity index (χ0n) is 4.84. The van der Waals surface area contributed by atoms with Gasteiger partial charge in [-0.05, 0) is 11.6 Å². The number of rotatable bonds is 2. The van der Waals surface area contributed by atoms with E-state index in [0.717, 1.165) is 0 Å². The highest BCUT2D eigenvalue weighted by atomic mass is 35.5. The van der Waals surface area contributed by atoms with Crippen molar-refractivity contribution in [3.8, 4) is 0 Å². The summed E-state index contributed by atoms with van der Waals surface area (Å²) in [5.41, 5.74) is 0. The first kappa shape index (κ1) is 11.8. The molecule has 0 aliphatic carbocycles. The van der Waals surface area contributed by atoms with Crippen LogP contribution in [0.2, 0.25) is 0 Å². The molecule has 0 unspecified atom stereocenters. The van der Waals surface area contributed by atoms with Gasteiger partial charge in [-0.3, -0.25) is 4.79 Å². The summed E-state index contributed by atoms with van der Waals surface area (Å²) >= 11 is 3.67. The second-order valence-corrected chi connectivity index (χ2v) is 4.55. The van der Waals surface area contributed by atoms with E-state index in [-0.39, 0.29) is 0 Å². The average molecular weight is 241 g/mol. The molecule has 0 saturated heterocycles. The Labute approximate surface area is 66.2 Å². The van der Waals surface area contributed by atoms with Crippen LogP contribution in [0.4, 0.5) is 28.2 Å². The van der Waals surface area contributed by atoms with Crippen molar-refractivity contribution in [2.75, 3.05) is 0 Å². The Bertz CT molecular complexity index is 225. The quantitative estimate of drug-likeness (QED) is 0.532. The molecule has 0 bridgehead atoms. The lowest BCUT2D eigenvalue weighted by molar-refractivity contribution is -0.127. The van der Waals surface area contributed by atoms with Gasteiger partial charge in [-0.2, -0.15) is 8.78 Å². The standard InChI is InChI=1S/C2ClF7OS/c3-1(11)2(4,5)12(6,7,8,9)10. The SMILES string of the molecule is O=C(Cl)C(F)(F)S(F)(F)(F)(F)F. The van der Waals surface area contributed by atoms with Gasteiger partial charge in [0.05, 0.1) is 0 Å². The molecule has 0 aliphatic heterocycles. The summed E-state index contributed by atoms with van der Waals surface area (Å²) in [6.45, 7) is 0. The molecule has 0 aliphatic rings. The van der Waals surface area contributed by atoms with Crippen LogP contribution in [-0.4, -0.2) is 10.5 Å². The second kappa shape index (κ2) is 1.84. The number of hydrogen-bond acceptors (Lipinski definition) is 1. The zero-order valence-corrected chi connectivity index (χ0v) is 6.41. The van der Waals surface area contributed by atoms with Crippen LogP contribution in [-0.2, 0) is 4.79 Å². The Hall–Kier alpha value is -0.180. The van der Waals surface area contributed by atoms with Gasteiger partial charge < -0.3 is 0 Å². The average Bonchev–Trinajstić information content (AvgIpc) is 1.56. The molecule has 0 aromatic heterocycles. The van der Waals surface area contributed by atoms with Gasteiger partial charge in [0.15, 0.2) is 0 Å². The van der Waals surface area contributed by atoms with E-state index < -0.39 is 20.7 Å². The van der Waals surface area contributed by atoms with Crippen molar-refractivity contribution >= 4 is 27.1 Å². The summed E-state index contributed by atoms with van der Waals surface area (Å²) in [6, 6.07) is 0. The molecule has 0 rings (SSSR count). The first-order valence-corrected chi connectivity index (χ1v) is 4.33. The van der Waals surface area contributed by atoms with Crippen LogP contribution < -0.4 is 0 Å². The van der Waals surface area contributed by atoms with Gasteiger partial charge in [0, 0.05) is 0 Å². The van der Waals surface area contributed by atoms with E-state index in [0.29, 0.717) is 0 Å². The predicted molar refractivity (Wildman–Crippen MR) is 28.9 cm³/mol. The summed E-state index contributed by atoms with van der Waals surface area (Å²) in [5.74, 6) is 0. The Morgan fingerprint density at radius 2 is 1.33 bits per heavy atom. The minimum Gasteiger partial charge on any atom is -0.273 e. The third-order valence-electron chi connectivity index (χ3n) is 0.713. The maximum absolute atomic E-state index is 11.5. The fraction of sp³-hybridized carbons (Fsp3) is 0.500. The minimum absolute atomic E-state index is 3.44. The van der Waals surface area contributed by atoms with E-state index in [4.69, 9.17) is 0 Å². The van der Waals surface area contributed by atoms with Crippen LogP contribution >= 0.6 is 21.8 Å². The van der Waals surface area contributed by atoms with E-state index in [1.165, 1.54) is 0 Å². The van der Waals surface area contributed by atoms with Crippen molar-refractivity contribution in [2.45, 2.75) is 5.25 Å². The minimum atomic E-state index is -11.2. The lowest BCUT2D eigenvalue weighted by atomic mass is 10.8. The summed E-state index contributed by atoms with van der Waals surface area (Å²) in [7, 11) is -11.2. The molecule has 0 fully saturated rings. The summed E-state index contributed by atoms with van der Waals surface area (Å²) in [6.07, 6.45) is 0. The van der Waals surface area contributed by atoms with E-state index in [1.807, 2.05) is 0 Å². The van der Waals surface area contributed by atoms with Crippen molar-refractivity contribution in [2.24, 2.45) is 0 Å². The van der Waals surface area contributed by atoms with Gasteiger partial charge >= 0.3 is 20.7 Å². The number of alkyl halides is 2. The number of hydrogen-bond donors (Lipinski definition) is 0. The van der Waals surface area contributed by atoms with Gasteiger partial charge in [-0.15, -0.1) is 0 Å². The summed E-state index contributed by atoms with van der Waals surface area (Å²) < 4.78 is 79.0. The lowest BCUT2D eigenvalue weighted by Gasteiger charge is -2.43. The highest BCUT2D eigenvalue weighted by Gasteiger charge is 2.86. The van der Waals surface area contributed by atoms with Crippen molar-refractivity contribution in [3.63, 3.8) is 0 Å². The fourth-order valence-electron chi connectivity index (χ4n) is 0.152. The molecule has 76 valence electrons. The first-order valence-electron chi connectivity index (χ1n) is 2.00.